The Morgan fingerprint density at radius 1 is 1.44 bits per heavy atom. The molecule has 2 aromatic heterocycles. The molecule has 0 radical (unpaired) electrons. The zero-order chi connectivity index (χ0) is 12.5. The van der Waals surface area contributed by atoms with Crippen LogP contribution in [0.5, 0.6) is 0 Å². The maximum Gasteiger partial charge on any atom is 0.256 e. The molecule has 0 saturated carbocycles. The van der Waals surface area contributed by atoms with Crippen LogP contribution in [0.15, 0.2) is 45.0 Å². The van der Waals surface area contributed by atoms with Gasteiger partial charge >= 0.3 is 0 Å². The molecule has 0 amide bonds. The molecule has 0 saturated heterocycles. The number of fused-ring (bicyclic) bond motifs is 1. The number of nitrogens with zero attached hydrogens (tertiary/aromatic N) is 3. The van der Waals surface area contributed by atoms with Gasteiger partial charge in [0.05, 0.1) is 6.33 Å². The summed E-state index contributed by atoms with van der Waals surface area (Å²) in [6.07, 6.45) is 5.69. The van der Waals surface area contributed by atoms with Crippen LogP contribution in [0, 0.1) is 0 Å². The number of benzene rings is 1. The molecule has 0 spiro atoms. The van der Waals surface area contributed by atoms with Crippen LogP contribution < -0.4 is 0 Å². The SMILES string of the molecule is CSc1nc2ccc(Cn3cnc(Br)c3)cc2o1. The van der Waals surface area contributed by atoms with Crippen molar-refractivity contribution in [3.63, 3.8) is 0 Å². The fourth-order valence-electron chi connectivity index (χ4n) is 1.76. The predicted octanol–water partition coefficient (Wildman–Crippen LogP) is 3.56. The van der Waals surface area contributed by atoms with E-state index in [2.05, 4.69) is 32.0 Å². The van der Waals surface area contributed by atoms with E-state index < -0.39 is 0 Å². The molecule has 0 aliphatic heterocycles. The van der Waals surface area contributed by atoms with E-state index in [1.807, 2.05) is 29.2 Å². The highest BCUT2D eigenvalue weighted by atomic mass is 79.9. The molecule has 3 rings (SSSR count). The number of rotatable bonds is 3. The minimum atomic E-state index is 0.701. The fourth-order valence-corrected chi connectivity index (χ4v) is 2.48. The highest BCUT2D eigenvalue weighted by Crippen LogP contribution is 2.22. The van der Waals surface area contributed by atoms with Gasteiger partial charge in [0.1, 0.15) is 10.1 Å². The van der Waals surface area contributed by atoms with E-state index in [1.54, 1.807) is 6.33 Å². The minimum absolute atomic E-state index is 0.701. The van der Waals surface area contributed by atoms with Crippen LogP contribution in [-0.2, 0) is 6.54 Å². The van der Waals surface area contributed by atoms with E-state index in [1.165, 1.54) is 11.8 Å². The van der Waals surface area contributed by atoms with Gasteiger partial charge in [0.15, 0.2) is 5.58 Å². The van der Waals surface area contributed by atoms with Crippen LogP contribution in [0.3, 0.4) is 0 Å². The van der Waals surface area contributed by atoms with Gasteiger partial charge in [-0.05, 0) is 39.9 Å². The monoisotopic (exact) mass is 323 g/mol. The van der Waals surface area contributed by atoms with Crippen LogP contribution in [0.4, 0.5) is 0 Å². The summed E-state index contributed by atoms with van der Waals surface area (Å²) in [5.41, 5.74) is 2.89. The van der Waals surface area contributed by atoms with Crippen LogP contribution in [0.1, 0.15) is 5.56 Å². The largest absolute Gasteiger partial charge is 0.431 e. The molecule has 3 aromatic rings. The normalized spacial score (nSPS) is 11.2. The average molecular weight is 324 g/mol. The fraction of sp³-hybridized carbons (Fsp3) is 0.167. The van der Waals surface area contributed by atoms with E-state index in [-0.39, 0.29) is 0 Å². The summed E-state index contributed by atoms with van der Waals surface area (Å²) in [6, 6.07) is 6.07. The van der Waals surface area contributed by atoms with Gasteiger partial charge < -0.3 is 8.98 Å². The summed E-state index contributed by atoms with van der Waals surface area (Å²) < 4.78 is 8.47. The molecule has 0 atom stereocenters. The van der Waals surface area contributed by atoms with Crippen molar-refractivity contribution in [2.45, 2.75) is 11.8 Å². The molecular weight excluding hydrogens is 314 g/mol. The Bertz CT molecular complexity index is 692. The maximum atomic E-state index is 5.62. The van der Waals surface area contributed by atoms with Crippen molar-refractivity contribution >= 4 is 38.8 Å². The summed E-state index contributed by atoms with van der Waals surface area (Å²) >= 11 is 4.84. The summed E-state index contributed by atoms with van der Waals surface area (Å²) in [5, 5.41) is 0.701. The Morgan fingerprint density at radius 3 is 3.06 bits per heavy atom. The Kier molecular flexibility index (Phi) is 3.13. The number of aromatic nitrogens is 3. The molecule has 92 valence electrons. The quantitative estimate of drug-likeness (QED) is 0.691. The third-order valence-corrected chi connectivity index (χ3v) is 3.51. The van der Waals surface area contributed by atoms with Crippen LogP contribution in [0.25, 0.3) is 11.1 Å². The average Bonchev–Trinajstić information content (AvgIpc) is 2.94. The molecule has 0 bridgehead atoms. The first-order chi connectivity index (χ1) is 8.74. The van der Waals surface area contributed by atoms with Gasteiger partial charge in [-0.1, -0.05) is 17.8 Å². The molecule has 2 heterocycles. The Morgan fingerprint density at radius 2 is 2.33 bits per heavy atom. The van der Waals surface area contributed by atoms with Gasteiger partial charge in [-0.25, -0.2) is 9.97 Å². The Balaban J connectivity index is 1.92. The summed E-state index contributed by atoms with van der Waals surface area (Å²) in [7, 11) is 0. The molecular formula is C12H10BrN3OS. The zero-order valence-corrected chi connectivity index (χ0v) is 12.0. The van der Waals surface area contributed by atoms with Gasteiger partial charge in [0.25, 0.3) is 5.22 Å². The van der Waals surface area contributed by atoms with Gasteiger partial charge in [0.2, 0.25) is 0 Å². The molecule has 1 aromatic carbocycles. The first kappa shape index (κ1) is 11.8. The number of hydrogen-bond acceptors (Lipinski definition) is 4. The van der Waals surface area contributed by atoms with Crippen LogP contribution in [-0.4, -0.2) is 20.8 Å². The van der Waals surface area contributed by atoms with E-state index in [9.17, 15) is 0 Å². The molecule has 0 N–H and O–H groups in total. The van der Waals surface area contributed by atoms with Gasteiger partial charge in [-0.2, -0.15) is 0 Å². The first-order valence-corrected chi connectivity index (χ1v) is 7.37. The number of halogens is 1. The van der Waals surface area contributed by atoms with E-state index in [0.29, 0.717) is 5.22 Å². The second-order valence-corrected chi connectivity index (χ2v) is 5.42. The summed E-state index contributed by atoms with van der Waals surface area (Å²) in [4.78, 5) is 8.49. The standard InChI is InChI=1S/C12H10BrN3OS/c1-18-12-15-9-3-2-8(4-10(9)17-12)5-16-6-11(13)14-7-16/h2-4,6-7H,5H2,1H3. The van der Waals surface area contributed by atoms with Crippen molar-refractivity contribution < 1.29 is 4.42 Å². The van der Waals surface area contributed by atoms with Gasteiger partial charge in [-0.3, -0.25) is 0 Å². The van der Waals surface area contributed by atoms with Crippen molar-refractivity contribution in [1.82, 2.24) is 14.5 Å². The maximum absolute atomic E-state index is 5.62. The first-order valence-electron chi connectivity index (χ1n) is 5.35. The van der Waals surface area contributed by atoms with E-state index in [4.69, 9.17) is 4.42 Å². The Labute approximate surface area is 117 Å². The molecule has 0 aliphatic rings. The van der Waals surface area contributed by atoms with Crippen molar-refractivity contribution in [1.29, 1.82) is 0 Å². The minimum Gasteiger partial charge on any atom is -0.431 e. The number of imidazole rings is 1. The lowest BCUT2D eigenvalue weighted by Gasteiger charge is -2.01. The zero-order valence-electron chi connectivity index (χ0n) is 9.63. The third kappa shape index (κ3) is 2.30. The van der Waals surface area contributed by atoms with Gasteiger partial charge in [-0.15, -0.1) is 0 Å². The molecule has 4 nitrogen and oxygen atoms in total. The molecule has 0 aliphatic carbocycles. The Hall–Kier alpha value is -1.27. The lowest BCUT2D eigenvalue weighted by atomic mass is 10.2. The van der Waals surface area contributed by atoms with Crippen molar-refractivity contribution in [2.75, 3.05) is 6.26 Å². The molecule has 18 heavy (non-hydrogen) atoms. The lowest BCUT2D eigenvalue weighted by Crippen LogP contribution is -1.95. The molecule has 0 fully saturated rings. The number of hydrogen-bond donors (Lipinski definition) is 0. The topological polar surface area (TPSA) is 43.9 Å². The second kappa shape index (κ2) is 4.78. The van der Waals surface area contributed by atoms with E-state index >= 15 is 0 Å². The van der Waals surface area contributed by atoms with Crippen molar-refractivity contribution in [3.05, 3.63) is 40.9 Å². The number of oxazole rings is 1. The lowest BCUT2D eigenvalue weighted by molar-refractivity contribution is 0.490. The second-order valence-electron chi connectivity index (χ2n) is 3.85. The summed E-state index contributed by atoms with van der Waals surface area (Å²) in [5.74, 6) is 0. The van der Waals surface area contributed by atoms with E-state index in [0.717, 1.165) is 27.8 Å². The molecule has 6 heteroatoms. The van der Waals surface area contributed by atoms with Crippen molar-refractivity contribution in [3.8, 4) is 0 Å². The highest BCUT2D eigenvalue weighted by Gasteiger charge is 2.06. The molecule has 0 unspecified atom stereocenters. The van der Waals surface area contributed by atoms with Crippen LogP contribution in [0.2, 0.25) is 0 Å². The highest BCUT2D eigenvalue weighted by molar-refractivity contribution is 9.10. The van der Waals surface area contributed by atoms with Crippen molar-refractivity contribution in [2.24, 2.45) is 0 Å². The van der Waals surface area contributed by atoms with Gasteiger partial charge in [0, 0.05) is 12.7 Å². The number of thioether (sulfide) groups is 1. The predicted molar refractivity (Wildman–Crippen MR) is 74.8 cm³/mol. The van der Waals surface area contributed by atoms with Crippen LogP contribution >= 0.6 is 27.7 Å². The third-order valence-electron chi connectivity index (χ3n) is 2.57. The summed E-state index contributed by atoms with van der Waals surface area (Å²) in [6.45, 7) is 0.768. The smallest absolute Gasteiger partial charge is 0.256 e.